The number of anilines is 2. The molecule has 1 heterocycles. The molecule has 20 heavy (non-hydrogen) atoms. The lowest BCUT2D eigenvalue weighted by molar-refractivity contribution is -0.116. The van der Waals surface area contributed by atoms with Crippen LogP contribution in [-0.2, 0) is 4.79 Å². The second-order valence-corrected chi connectivity index (χ2v) is 4.93. The van der Waals surface area contributed by atoms with Crippen LogP contribution in [0, 0.1) is 0 Å². The number of halogens is 1. The van der Waals surface area contributed by atoms with E-state index in [2.05, 4.69) is 5.10 Å². The average molecular weight is 286 g/mol. The van der Waals surface area contributed by atoms with Gasteiger partial charge in [-0.15, -0.1) is 0 Å². The van der Waals surface area contributed by atoms with E-state index in [0.29, 0.717) is 16.4 Å². The van der Waals surface area contributed by atoms with Gasteiger partial charge >= 0.3 is 0 Å². The zero-order valence-electron chi connectivity index (χ0n) is 10.6. The van der Waals surface area contributed by atoms with Crippen LogP contribution in [0.25, 0.3) is 0 Å². The maximum absolute atomic E-state index is 12.1. The van der Waals surface area contributed by atoms with E-state index in [0.717, 1.165) is 11.3 Å². The number of rotatable bonds is 2. The standard InChI is InChI=1S/C15H12ClN3O/c16-11-6-7-14(12(17)8-11)19-15(20)9-13(18-19)10-4-2-1-3-5-10/h1-8H,9,17H2. The lowest BCUT2D eigenvalue weighted by Gasteiger charge is -2.14. The lowest BCUT2D eigenvalue weighted by atomic mass is 10.1. The largest absolute Gasteiger partial charge is 0.397 e. The third-order valence-corrected chi connectivity index (χ3v) is 3.34. The van der Waals surface area contributed by atoms with Crippen molar-refractivity contribution in [2.75, 3.05) is 10.7 Å². The number of nitrogens with zero attached hydrogens (tertiary/aromatic N) is 2. The van der Waals surface area contributed by atoms with Crippen LogP contribution in [0.1, 0.15) is 12.0 Å². The molecule has 2 aromatic carbocycles. The minimum Gasteiger partial charge on any atom is -0.397 e. The van der Waals surface area contributed by atoms with Crippen LogP contribution in [0.2, 0.25) is 5.02 Å². The maximum Gasteiger partial charge on any atom is 0.253 e. The van der Waals surface area contributed by atoms with Crippen LogP contribution in [0.5, 0.6) is 0 Å². The summed E-state index contributed by atoms with van der Waals surface area (Å²) in [5, 5.41) is 6.25. The van der Waals surface area contributed by atoms with Crippen LogP contribution in [0.4, 0.5) is 11.4 Å². The van der Waals surface area contributed by atoms with Gasteiger partial charge in [-0.05, 0) is 23.8 Å². The second-order valence-electron chi connectivity index (χ2n) is 4.50. The number of nitrogen functional groups attached to an aromatic ring is 1. The summed E-state index contributed by atoms with van der Waals surface area (Å²) < 4.78 is 0. The number of amides is 1. The highest BCUT2D eigenvalue weighted by Gasteiger charge is 2.27. The minimum absolute atomic E-state index is 0.0992. The summed E-state index contributed by atoms with van der Waals surface area (Å²) in [6.07, 6.45) is 0.270. The van der Waals surface area contributed by atoms with E-state index in [4.69, 9.17) is 17.3 Å². The van der Waals surface area contributed by atoms with Crippen molar-refractivity contribution >= 4 is 34.6 Å². The van der Waals surface area contributed by atoms with E-state index in [1.165, 1.54) is 5.01 Å². The van der Waals surface area contributed by atoms with E-state index in [-0.39, 0.29) is 12.3 Å². The summed E-state index contributed by atoms with van der Waals surface area (Å²) in [5.74, 6) is -0.0992. The molecule has 1 aliphatic heterocycles. The molecule has 1 aliphatic rings. The topological polar surface area (TPSA) is 58.7 Å². The molecule has 0 aromatic heterocycles. The summed E-state index contributed by atoms with van der Waals surface area (Å²) in [6.45, 7) is 0. The Balaban J connectivity index is 1.98. The van der Waals surface area contributed by atoms with Gasteiger partial charge < -0.3 is 5.73 Å². The maximum atomic E-state index is 12.1. The molecule has 0 fully saturated rings. The normalized spacial score (nSPS) is 14.6. The van der Waals surface area contributed by atoms with Crippen molar-refractivity contribution in [1.82, 2.24) is 0 Å². The fourth-order valence-corrected chi connectivity index (χ4v) is 2.31. The highest BCUT2D eigenvalue weighted by Crippen LogP contribution is 2.30. The van der Waals surface area contributed by atoms with Crippen LogP contribution in [0.3, 0.4) is 0 Å². The third-order valence-electron chi connectivity index (χ3n) is 3.10. The number of benzene rings is 2. The first kappa shape index (κ1) is 12.7. The number of hydrogen-bond acceptors (Lipinski definition) is 3. The van der Waals surface area contributed by atoms with Crippen molar-refractivity contribution in [2.24, 2.45) is 5.10 Å². The van der Waals surface area contributed by atoms with E-state index in [1.807, 2.05) is 30.3 Å². The van der Waals surface area contributed by atoms with Crippen molar-refractivity contribution in [3.63, 3.8) is 0 Å². The fraction of sp³-hybridized carbons (Fsp3) is 0.0667. The molecular weight excluding hydrogens is 274 g/mol. The minimum atomic E-state index is -0.0992. The van der Waals surface area contributed by atoms with E-state index >= 15 is 0 Å². The third kappa shape index (κ3) is 2.26. The van der Waals surface area contributed by atoms with Gasteiger partial charge in [0.2, 0.25) is 0 Å². The van der Waals surface area contributed by atoms with E-state index < -0.39 is 0 Å². The summed E-state index contributed by atoms with van der Waals surface area (Å²) in [5.41, 5.74) is 8.58. The molecule has 0 spiro atoms. The molecule has 0 aliphatic carbocycles. The second kappa shape index (κ2) is 4.98. The molecule has 0 atom stereocenters. The lowest BCUT2D eigenvalue weighted by Crippen LogP contribution is -2.20. The molecule has 0 saturated heterocycles. The number of hydrazone groups is 1. The Kier molecular flexibility index (Phi) is 3.16. The van der Waals surface area contributed by atoms with Crippen molar-refractivity contribution < 1.29 is 4.79 Å². The molecule has 0 bridgehead atoms. The molecule has 4 nitrogen and oxygen atoms in total. The molecule has 3 rings (SSSR count). The number of nitrogens with two attached hydrogens (primary N) is 1. The molecule has 100 valence electrons. The van der Waals surface area contributed by atoms with Gasteiger partial charge in [-0.25, -0.2) is 0 Å². The molecule has 1 amide bonds. The molecule has 2 N–H and O–H groups in total. The summed E-state index contributed by atoms with van der Waals surface area (Å²) in [7, 11) is 0. The summed E-state index contributed by atoms with van der Waals surface area (Å²) in [6, 6.07) is 14.6. The van der Waals surface area contributed by atoms with Crippen LogP contribution in [-0.4, -0.2) is 11.6 Å². The van der Waals surface area contributed by atoms with Crippen molar-refractivity contribution in [3.8, 4) is 0 Å². The predicted molar refractivity (Wildman–Crippen MR) is 80.9 cm³/mol. The zero-order valence-corrected chi connectivity index (χ0v) is 11.3. The first-order valence-corrected chi connectivity index (χ1v) is 6.54. The summed E-state index contributed by atoms with van der Waals surface area (Å²) >= 11 is 5.87. The van der Waals surface area contributed by atoms with Gasteiger partial charge in [0.25, 0.3) is 5.91 Å². The van der Waals surface area contributed by atoms with Gasteiger partial charge in [0.15, 0.2) is 0 Å². The Hall–Kier alpha value is -2.33. The SMILES string of the molecule is Nc1cc(Cl)ccc1N1N=C(c2ccccc2)CC1=O. The molecule has 2 aromatic rings. The first-order chi connectivity index (χ1) is 9.65. The van der Waals surface area contributed by atoms with Gasteiger partial charge in [0, 0.05) is 5.02 Å². The van der Waals surface area contributed by atoms with E-state index in [1.54, 1.807) is 18.2 Å². The monoisotopic (exact) mass is 285 g/mol. The van der Waals surface area contributed by atoms with Crippen LogP contribution >= 0.6 is 11.6 Å². The van der Waals surface area contributed by atoms with Crippen molar-refractivity contribution in [2.45, 2.75) is 6.42 Å². The highest BCUT2D eigenvalue weighted by atomic mass is 35.5. The van der Waals surface area contributed by atoms with Gasteiger partial charge in [-0.2, -0.15) is 10.1 Å². The Morgan fingerprint density at radius 2 is 1.90 bits per heavy atom. The molecule has 0 radical (unpaired) electrons. The first-order valence-electron chi connectivity index (χ1n) is 6.16. The van der Waals surface area contributed by atoms with Crippen LogP contribution in [0.15, 0.2) is 53.6 Å². The number of carbonyl (C=O) groups is 1. The predicted octanol–water partition coefficient (Wildman–Crippen LogP) is 3.06. The number of hydrogen-bond donors (Lipinski definition) is 1. The zero-order chi connectivity index (χ0) is 14.1. The number of carbonyl (C=O) groups excluding carboxylic acids is 1. The van der Waals surface area contributed by atoms with Gasteiger partial charge in [-0.1, -0.05) is 41.9 Å². The van der Waals surface area contributed by atoms with Gasteiger partial charge in [0.1, 0.15) is 0 Å². The smallest absolute Gasteiger partial charge is 0.253 e. The molecule has 0 unspecified atom stereocenters. The Morgan fingerprint density at radius 1 is 1.15 bits per heavy atom. The van der Waals surface area contributed by atoms with E-state index in [9.17, 15) is 4.79 Å². The Bertz CT molecular complexity index is 698. The van der Waals surface area contributed by atoms with Crippen LogP contribution < -0.4 is 10.7 Å². The Morgan fingerprint density at radius 3 is 2.60 bits per heavy atom. The quantitative estimate of drug-likeness (QED) is 0.862. The average Bonchev–Trinajstić information content (AvgIpc) is 2.82. The highest BCUT2D eigenvalue weighted by molar-refractivity contribution is 6.31. The Labute approximate surface area is 121 Å². The molecule has 0 saturated carbocycles. The van der Waals surface area contributed by atoms with Crippen molar-refractivity contribution in [3.05, 3.63) is 59.1 Å². The van der Waals surface area contributed by atoms with Gasteiger partial charge in [0.05, 0.1) is 23.5 Å². The summed E-state index contributed by atoms with van der Waals surface area (Å²) in [4.78, 5) is 12.1. The molecular formula is C15H12ClN3O. The van der Waals surface area contributed by atoms with Crippen molar-refractivity contribution in [1.29, 1.82) is 0 Å². The molecule has 5 heteroatoms. The van der Waals surface area contributed by atoms with Gasteiger partial charge in [-0.3, -0.25) is 4.79 Å². The fourth-order valence-electron chi connectivity index (χ4n) is 2.13.